The first-order valence-electron chi connectivity index (χ1n) is 20.2. The van der Waals surface area contributed by atoms with Crippen LogP contribution in [0.5, 0.6) is 11.5 Å². The van der Waals surface area contributed by atoms with Crippen molar-refractivity contribution in [2.75, 3.05) is 24.4 Å². The van der Waals surface area contributed by atoms with Gasteiger partial charge in [0, 0.05) is 55.3 Å². The number of carbonyl (C=O) groups excluding carboxylic acids is 5. The van der Waals surface area contributed by atoms with Crippen molar-refractivity contribution in [3.8, 4) is 11.5 Å². The van der Waals surface area contributed by atoms with Gasteiger partial charge in [0.05, 0.1) is 44.2 Å². The summed E-state index contributed by atoms with van der Waals surface area (Å²) in [6.45, 7) is 14.6. The molecule has 2 N–H and O–H groups in total. The number of fused-ring (bicyclic) bond motifs is 4. The van der Waals surface area contributed by atoms with E-state index in [2.05, 4.69) is 49.2 Å². The van der Waals surface area contributed by atoms with Gasteiger partial charge in [-0.15, -0.1) is 0 Å². The molecule has 316 valence electrons. The second-order valence-electron chi connectivity index (χ2n) is 16.9. The maximum atomic E-state index is 13.9. The number of Topliss-reactive ketones (excluding diaryl/α,β-unsaturated/α-hetero) is 1. The molecule has 0 bridgehead atoms. The summed E-state index contributed by atoms with van der Waals surface area (Å²) >= 11 is 0. The highest BCUT2D eigenvalue weighted by Crippen LogP contribution is 2.41. The van der Waals surface area contributed by atoms with E-state index in [0.29, 0.717) is 54.3 Å². The van der Waals surface area contributed by atoms with Gasteiger partial charge >= 0.3 is 5.97 Å². The second kappa shape index (κ2) is 19.2. The van der Waals surface area contributed by atoms with Crippen LogP contribution in [-0.2, 0) is 48.0 Å². The number of hydrogen-bond acceptors (Lipinski definition) is 10. The van der Waals surface area contributed by atoms with Gasteiger partial charge in [-0.2, -0.15) is 0 Å². The fraction of sp³-hybridized carbons (Fsp3) is 0.467. The summed E-state index contributed by atoms with van der Waals surface area (Å²) in [5, 5.41) is 5.67. The molecule has 1 unspecified atom stereocenters. The minimum Gasteiger partial charge on any atom is -0.493 e. The number of anilines is 2. The van der Waals surface area contributed by atoms with Crippen LogP contribution in [0.1, 0.15) is 93.8 Å². The Morgan fingerprint density at radius 1 is 0.932 bits per heavy atom. The lowest BCUT2D eigenvalue weighted by atomic mass is 9.99. The number of para-hydroxylation sites is 1. The summed E-state index contributed by atoms with van der Waals surface area (Å²) < 4.78 is 23.2. The fourth-order valence-corrected chi connectivity index (χ4v) is 7.68. The van der Waals surface area contributed by atoms with Crippen LogP contribution in [0.25, 0.3) is 0 Å². The third kappa shape index (κ3) is 11.2. The molecule has 3 aromatic rings. The molecule has 2 heterocycles. The van der Waals surface area contributed by atoms with Crippen molar-refractivity contribution in [3.05, 3.63) is 76.9 Å². The molecule has 0 aliphatic carbocycles. The molecule has 2 aliphatic rings. The van der Waals surface area contributed by atoms with Gasteiger partial charge in [0.15, 0.2) is 25.6 Å². The van der Waals surface area contributed by atoms with E-state index in [1.807, 2.05) is 48.7 Å². The zero-order chi connectivity index (χ0) is 43.1. The number of unbranched alkanes of at least 4 members (excludes halogenated alkanes) is 1. The lowest BCUT2D eigenvalue weighted by Gasteiger charge is -2.36. The number of nitrogens with one attached hydrogen (secondary N) is 2. The van der Waals surface area contributed by atoms with Crippen LogP contribution in [0, 0.1) is 5.92 Å². The Labute approximate surface area is 348 Å². The number of carbonyl (C=O) groups is 5. The van der Waals surface area contributed by atoms with Gasteiger partial charge in [0.2, 0.25) is 11.8 Å². The highest BCUT2D eigenvalue weighted by molar-refractivity contribution is 6.74. The zero-order valence-electron chi connectivity index (χ0n) is 35.7. The van der Waals surface area contributed by atoms with E-state index in [1.165, 1.54) is 14.2 Å². The molecule has 0 fully saturated rings. The molecular formula is C45H58N4O9Si. The molecule has 3 atom stereocenters. The van der Waals surface area contributed by atoms with E-state index in [9.17, 15) is 24.0 Å². The summed E-state index contributed by atoms with van der Waals surface area (Å²) in [6, 6.07) is 15.9. The molecular weight excluding hydrogens is 769 g/mol. The predicted octanol–water partition coefficient (Wildman–Crippen LogP) is 7.86. The van der Waals surface area contributed by atoms with Crippen molar-refractivity contribution in [3.63, 3.8) is 0 Å². The number of ketones is 1. The number of amides is 3. The number of ether oxygens (including phenoxy) is 3. The van der Waals surface area contributed by atoms with Crippen molar-refractivity contribution in [2.24, 2.45) is 10.9 Å². The van der Waals surface area contributed by atoms with Gasteiger partial charge in [-0.3, -0.25) is 33.9 Å². The summed E-state index contributed by atoms with van der Waals surface area (Å²) in [5.41, 5.74) is 4.97. The third-order valence-electron chi connectivity index (χ3n) is 11.3. The number of hydrogen-bond donors (Lipinski definition) is 2. The number of aliphatic imine (C=N–C) groups is 1. The average Bonchev–Trinajstić information content (AvgIpc) is 3.51. The number of benzene rings is 3. The maximum Gasteiger partial charge on any atom is 0.305 e. The molecule has 3 amide bonds. The summed E-state index contributed by atoms with van der Waals surface area (Å²) in [4.78, 5) is 70.7. The lowest BCUT2D eigenvalue weighted by Crippen LogP contribution is -2.40. The van der Waals surface area contributed by atoms with Gasteiger partial charge in [0.1, 0.15) is 6.61 Å². The molecule has 0 saturated carbocycles. The van der Waals surface area contributed by atoms with Gasteiger partial charge in [-0.1, -0.05) is 45.9 Å². The fourth-order valence-electron chi connectivity index (χ4n) is 6.72. The third-order valence-corrected chi connectivity index (χ3v) is 15.8. The van der Waals surface area contributed by atoms with Crippen LogP contribution >= 0.6 is 0 Å². The van der Waals surface area contributed by atoms with Crippen LogP contribution in [0.3, 0.4) is 0 Å². The van der Waals surface area contributed by atoms with Crippen LogP contribution in [0.15, 0.2) is 59.6 Å². The SMILES string of the molecule is COC(=O)CCCCC(=O)N[C@@H](C)C(=O)C[C@@H](C)C(=O)Nc1cc(COc2cc3c(cc2OC)C(=O)N2c4ccccc4CC2C=N3)cc(CO[Si](C)(C)C(C)(C)C)c1. The molecule has 2 aliphatic heterocycles. The summed E-state index contributed by atoms with van der Waals surface area (Å²) in [5.74, 6) is -1.32. The van der Waals surface area contributed by atoms with E-state index in [4.69, 9.17) is 18.9 Å². The molecule has 0 saturated heterocycles. The normalized spacial score (nSPS) is 15.6. The first kappa shape index (κ1) is 44.8. The standard InChI is InChI=1S/C45H58N4O9Si/c1-28(18-38(50)29(2)47-41(51)16-12-13-17-42(52)56-7)43(53)48-33-20-30(19-31(21-33)27-58-59(8,9)45(3,4)5)26-57-40-24-36-35(23-39(40)55-6)44(54)49-34(25-46-36)22-32-14-10-11-15-37(32)49/h10-11,14-15,19-21,23-25,28-29,34H,12-13,16-18,22,26-27H2,1-9H3,(H,47,51)(H,48,53)/t28-,29+,34?/m1/s1. The highest BCUT2D eigenvalue weighted by Gasteiger charge is 2.38. The van der Waals surface area contributed by atoms with E-state index in [1.54, 1.807) is 30.9 Å². The highest BCUT2D eigenvalue weighted by atomic mass is 28.4. The molecule has 0 radical (unpaired) electrons. The van der Waals surface area contributed by atoms with Gasteiger partial charge < -0.3 is 29.3 Å². The Balaban J connectivity index is 1.29. The van der Waals surface area contributed by atoms with Gasteiger partial charge in [-0.25, -0.2) is 0 Å². The molecule has 5 rings (SSSR count). The number of methoxy groups -OCH3 is 2. The van der Waals surface area contributed by atoms with Crippen molar-refractivity contribution in [2.45, 2.75) is 117 Å². The smallest absolute Gasteiger partial charge is 0.305 e. The zero-order valence-corrected chi connectivity index (χ0v) is 36.7. The summed E-state index contributed by atoms with van der Waals surface area (Å²) in [6.07, 6.45) is 3.81. The average molecular weight is 827 g/mol. The topological polar surface area (TPSA) is 162 Å². The molecule has 3 aromatic carbocycles. The Morgan fingerprint density at radius 3 is 2.32 bits per heavy atom. The lowest BCUT2D eigenvalue weighted by molar-refractivity contribution is -0.140. The van der Waals surface area contributed by atoms with E-state index in [-0.39, 0.29) is 66.4 Å². The Bertz CT molecular complexity index is 2090. The molecule has 13 nitrogen and oxygen atoms in total. The van der Waals surface area contributed by atoms with E-state index < -0.39 is 20.3 Å². The molecule has 59 heavy (non-hydrogen) atoms. The Morgan fingerprint density at radius 2 is 1.63 bits per heavy atom. The Hall–Kier alpha value is -5.34. The van der Waals surface area contributed by atoms with Crippen molar-refractivity contribution in [1.82, 2.24) is 5.32 Å². The second-order valence-corrected chi connectivity index (χ2v) is 21.7. The largest absolute Gasteiger partial charge is 0.493 e. The first-order chi connectivity index (χ1) is 27.9. The van der Waals surface area contributed by atoms with Gasteiger partial charge in [-0.05, 0) is 84.9 Å². The monoisotopic (exact) mass is 826 g/mol. The van der Waals surface area contributed by atoms with Crippen LogP contribution < -0.4 is 25.0 Å². The predicted molar refractivity (Wildman–Crippen MR) is 230 cm³/mol. The van der Waals surface area contributed by atoms with Crippen LogP contribution in [0.2, 0.25) is 18.1 Å². The van der Waals surface area contributed by atoms with Crippen molar-refractivity contribution in [1.29, 1.82) is 0 Å². The maximum absolute atomic E-state index is 13.9. The molecule has 14 heteroatoms. The summed E-state index contributed by atoms with van der Waals surface area (Å²) in [7, 11) is 0.712. The minimum atomic E-state index is -2.13. The van der Waals surface area contributed by atoms with Crippen LogP contribution in [0.4, 0.5) is 17.1 Å². The Kier molecular flexibility index (Phi) is 14.5. The number of nitrogens with zero attached hydrogens (tertiary/aromatic N) is 2. The first-order valence-corrected chi connectivity index (χ1v) is 23.1. The van der Waals surface area contributed by atoms with Crippen molar-refractivity contribution >= 4 is 61.1 Å². The minimum absolute atomic E-state index is 0.0152. The van der Waals surface area contributed by atoms with Crippen molar-refractivity contribution < 1.29 is 42.6 Å². The number of esters is 1. The quantitative estimate of drug-likeness (QED) is 0.0739. The van der Waals surface area contributed by atoms with E-state index in [0.717, 1.165) is 22.4 Å². The molecule has 0 aromatic heterocycles. The van der Waals surface area contributed by atoms with Crippen LogP contribution in [-0.4, -0.2) is 70.3 Å². The number of rotatable bonds is 18. The van der Waals surface area contributed by atoms with E-state index >= 15 is 0 Å². The molecule has 0 spiro atoms. The van der Waals surface area contributed by atoms with Gasteiger partial charge in [0.25, 0.3) is 5.91 Å².